The predicted octanol–water partition coefficient (Wildman–Crippen LogP) is 3.54. The van der Waals surface area contributed by atoms with Crippen molar-refractivity contribution in [1.82, 2.24) is 0 Å². The van der Waals surface area contributed by atoms with Gasteiger partial charge in [-0.3, -0.25) is 0 Å². The van der Waals surface area contributed by atoms with E-state index in [0.29, 0.717) is 16.8 Å². The van der Waals surface area contributed by atoms with Gasteiger partial charge in [0, 0.05) is 18.3 Å². The van der Waals surface area contributed by atoms with E-state index in [1.165, 1.54) is 19.1 Å². The van der Waals surface area contributed by atoms with Crippen LogP contribution >= 0.6 is 0 Å². The van der Waals surface area contributed by atoms with Gasteiger partial charge in [0.2, 0.25) is 0 Å². The van der Waals surface area contributed by atoms with Crippen LogP contribution in [0, 0.1) is 12.7 Å². The van der Waals surface area contributed by atoms with Gasteiger partial charge in [0.15, 0.2) is 0 Å². The highest BCUT2D eigenvalue weighted by atomic mass is 19.4. The van der Waals surface area contributed by atoms with E-state index >= 15 is 0 Å². The van der Waals surface area contributed by atoms with Crippen molar-refractivity contribution in [2.75, 3.05) is 18.0 Å². The van der Waals surface area contributed by atoms with E-state index in [1.807, 2.05) is 0 Å². The number of hydrogen-bond acceptors (Lipinski definition) is 2. The molecule has 0 saturated carbocycles. The summed E-state index contributed by atoms with van der Waals surface area (Å²) in [6, 6.07) is 2.10. The van der Waals surface area contributed by atoms with Crippen LogP contribution in [0.3, 0.4) is 0 Å². The van der Waals surface area contributed by atoms with E-state index in [9.17, 15) is 17.6 Å². The van der Waals surface area contributed by atoms with Crippen LogP contribution in [0.15, 0.2) is 12.1 Å². The molecule has 0 aliphatic heterocycles. The molecule has 1 atom stereocenters. The zero-order valence-corrected chi connectivity index (χ0v) is 11.2. The highest BCUT2D eigenvalue weighted by Crippen LogP contribution is 2.30. The van der Waals surface area contributed by atoms with E-state index in [0.717, 1.165) is 4.90 Å². The molecule has 0 unspecified atom stereocenters. The molecule has 2 N–H and O–H groups in total. The fourth-order valence-corrected chi connectivity index (χ4v) is 1.90. The molecule has 19 heavy (non-hydrogen) atoms. The Balaban J connectivity index is 3.25. The number of alkyl halides is 3. The molecule has 1 aromatic carbocycles. The van der Waals surface area contributed by atoms with Crippen LogP contribution in [0.25, 0.3) is 0 Å². The quantitative estimate of drug-likeness (QED) is 0.853. The standard InChI is InChI=1S/C13H18F4N2/c1-4-19(7-13(15,16)17)12-5-8(2)11(14)6-10(12)9(3)18/h5-6,9H,4,7,18H2,1-3H3/t9-/m1/s1. The number of nitrogens with zero attached hydrogens (tertiary/aromatic N) is 1. The van der Waals surface area contributed by atoms with Crippen molar-refractivity contribution < 1.29 is 17.6 Å². The van der Waals surface area contributed by atoms with Crippen molar-refractivity contribution in [2.45, 2.75) is 33.0 Å². The van der Waals surface area contributed by atoms with Gasteiger partial charge in [-0.05, 0) is 44.0 Å². The average molecular weight is 278 g/mol. The van der Waals surface area contributed by atoms with Gasteiger partial charge in [-0.2, -0.15) is 13.2 Å². The van der Waals surface area contributed by atoms with Crippen LogP contribution in [0.5, 0.6) is 0 Å². The Hall–Kier alpha value is -1.30. The molecule has 1 aromatic rings. The fourth-order valence-electron chi connectivity index (χ4n) is 1.90. The fraction of sp³-hybridized carbons (Fsp3) is 0.538. The number of aryl methyl sites for hydroxylation is 1. The third kappa shape index (κ3) is 4.09. The van der Waals surface area contributed by atoms with Crippen molar-refractivity contribution in [1.29, 1.82) is 0 Å². The van der Waals surface area contributed by atoms with Crippen LogP contribution < -0.4 is 10.6 Å². The van der Waals surface area contributed by atoms with Crippen LogP contribution in [0.4, 0.5) is 23.2 Å². The zero-order chi connectivity index (χ0) is 14.8. The van der Waals surface area contributed by atoms with E-state index in [4.69, 9.17) is 5.73 Å². The Bertz CT molecular complexity index is 441. The van der Waals surface area contributed by atoms with Crippen molar-refractivity contribution >= 4 is 5.69 Å². The number of hydrogen-bond donors (Lipinski definition) is 1. The number of halogens is 4. The van der Waals surface area contributed by atoms with Gasteiger partial charge < -0.3 is 10.6 Å². The van der Waals surface area contributed by atoms with E-state index in [1.54, 1.807) is 13.8 Å². The summed E-state index contributed by atoms with van der Waals surface area (Å²) in [5.74, 6) is -0.459. The lowest BCUT2D eigenvalue weighted by Gasteiger charge is -2.28. The van der Waals surface area contributed by atoms with Crippen molar-refractivity contribution in [2.24, 2.45) is 5.73 Å². The molecular formula is C13H18F4N2. The zero-order valence-electron chi connectivity index (χ0n) is 11.2. The highest BCUT2D eigenvalue weighted by molar-refractivity contribution is 5.57. The molecular weight excluding hydrogens is 260 g/mol. The molecule has 0 aromatic heterocycles. The summed E-state index contributed by atoms with van der Waals surface area (Å²) in [6.07, 6.45) is -4.31. The summed E-state index contributed by atoms with van der Waals surface area (Å²) in [7, 11) is 0. The largest absolute Gasteiger partial charge is 0.405 e. The van der Waals surface area contributed by atoms with Crippen LogP contribution in [0.2, 0.25) is 0 Å². The first-order valence-corrected chi connectivity index (χ1v) is 6.03. The Morgan fingerprint density at radius 3 is 2.32 bits per heavy atom. The first-order chi connectivity index (χ1) is 8.65. The molecule has 0 aliphatic carbocycles. The summed E-state index contributed by atoms with van der Waals surface area (Å²) in [6.45, 7) is 3.86. The Kier molecular flexibility index (Phi) is 4.79. The number of rotatable bonds is 4. The molecule has 0 radical (unpaired) electrons. The lowest BCUT2D eigenvalue weighted by atomic mass is 10.0. The Morgan fingerprint density at radius 1 is 1.32 bits per heavy atom. The Labute approximate surface area is 110 Å². The third-order valence-corrected chi connectivity index (χ3v) is 2.89. The third-order valence-electron chi connectivity index (χ3n) is 2.89. The molecule has 0 heterocycles. The van der Waals surface area contributed by atoms with Crippen molar-refractivity contribution in [3.63, 3.8) is 0 Å². The highest BCUT2D eigenvalue weighted by Gasteiger charge is 2.31. The lowest BCUT2D eigenvalue weighted by molar-refractivity contribution is -0.119. The van der Waals surface area contributed by atoms with Crippen molar-refractivity contribution in [3.8, 4) is 0 Å². The minimum Gasteiger partial charge on any atom is -0.363 e. The molecule has 0 saturated heterocycles. The average Bonchev–Trinajstić information content (AvgIpc) is 2.27. The maximum absolute atomic E-state index is 13.5. The summed E-state index contributed by atoms with van der Waals surface area (Å²) in [5, 5.41) is 0. The SMILES string of the molecule is CCN(CC(F)(F)F)c1cc(C)c(F)cc1[C@@H](C)N. The van der Waals surface area contributed by atoms with E-state index in [2.05, 4.69) is 0 Å². The molecule has 1 rings (SSSR count). The normalized spacial score (nSPS) is 13.5. The summed E-state index contributed by atoms with van der Waals surface area (Å²) < 4.78 is 51.2. The van der Waals surface area contributed by atoms with Crippen LogP contribution in [-0.4, -0.2) is 19.3 Å². The second-order valence-electron chi connectivity index (χ2n) is 4.58. The first-order valence-electron chi connectivity index (χ1n) is 6.03. The van der Waals surface area contributed by atoms with Gasteiger partial charge in [0.25, 0.3) is 0 Å². The molecule has 0 bridgehead atoms. The smallest absolute Gasteiger partial charge is 0.363 e. The van der Waals surface area contributed by atoms with Gasteiger partial charge in [0.05, 0.1) is 0 Å². The number of nitrogens with two attached hydrogens (primary N) is 1. The monoisotopic (exact) mass is 278 g/mol. The van der Waals surface area contributed by atoms with Crippen LogP contribution in [0.1, 0.15) is 31.0 Å². The predicted molar refractivity (Wildman–Crippen MR) is 67.7 cm³/mol. The molecule has 108 valence electrons. The minimum absolute atomic E-state index is 0.171. The Morgan fingerprint density at radius 2 is 1.89 bits per heavy atom. The second kappa shape index (κ2) is 5.77. The van der Waals surface area contributed by atoms with Gasteiger partial charge in [-0.25, -0.2) is 4.39 Å². The maximum Gasteiger partial charge on any atom is 0.405 e. The maximum atomic E-state index is 13.5. The molecule has 0 spiro atoms. The lowest BCUT2D eigenvalue weighted by Crippen LogP contribution is -2.35. The van der Waals surface area contributed by atoms with E-state index in [-0.39, 0.29) is 6.54 Å². The summed E-state index contributed by atoms with van der Waals surface area (Å²) in [5.41, 5.74) is 6.75. The summed E-state index contributed by atoms with van der Waals surface area (Å²) in [4.78, 5) is 1.16. The molecule has 6 heteroatoms. The number of anilines is 1. The van der Waals surface area contributed by atoms with Gasteiger partial charge in [-0.1, -0.05) is 0 Å². The molecule has 0 aliphatic rings. The second-order valence-corrected chi connectivity index (χ2v) is 4.58. The first kappa shape index (κ1) is 15.8. The van der Waals surface area contributed by atoms with Gasteiger partial charge >= 0.3 is 6.18 Å². The number of benzene rings is 1. The van der Waals surface area contributed by atoms with Gasteiger partial charge in [0.1, 0.15) is 12.4 Å². The van der Waals surface area contributed by atoms with Gasteiger partial charge in [-0.15, -0.1) is 0 Å². The molecule has 0 fully saturated rings. The molecule has 2 nitrogen and oxygen atoms in total. The van der Waals surface area contributed by atoms with E-state index < -0.39 is 24.6 Å². The minimum atomic E-state index is -4.31. The summed E-state index contributed by atoms with van der Waals surface area (Å²) >= 11 is 0. The molecule has 0 amide bonds. The van der Waals surface area contributed by atoms with Crippen LogP contribution in [-0.2, 0) is 0 Å². The van der Waals surface area contributed by atoms with Crippen molar-refractivity contribution in [3.05, 3.63) is 29.1 Å². The topological polar surface area (TPSA) is 29.3 Å².